The minimum Gasteiger partial charge on any atom is -0.357 e. The molecule has 20 heavy (non-hydrogen) atoms. The lowest BCUT2D eigenvalue weighted by molar-refractivity contribution is 0.210. The quantitative estimate of drug-likeness (QED) is 0.646. The van der Waals surface area contributed by atoms with Gasteiger partial charge in [0.15, 0.2) is 5.96 Å². The van der Waals surface area contributed by atoms with Crippen molar-refractivity contribution in [1.82, 2.24) is 15.5 Å². The normalized spacial score (nSPS) is 20.9. The van der Waals surface area contributed by atoms with Crippen LogP contribution in [0.4, 0.5) is 0 Å². The second kappa shape index (κ2) is 8.27. The molecule has 1 saturated heterocycles. The van der Waals surface area contributed by atoms with E-state index in [0.29, 0.717) is 0 Å². The highest BCUT2D eigenvalue weighted by Crippen LogP contribution is 2.13. The van der Waals surface area contributed by atoms with Crippen molar-refractivity contribution in [1.29, 1.82) is 0 Å². The van der Waals surface area contributed by atoms with E-state index < -0.39 is 0 Å². The van der Waals surface area contributed by atoms with Crippen molar-refractivity contribution in [2.75, 3.05) is 33.2 Å². The van der Waals surface area contributed by atoms with Crippen LogP contribution in [0.25, 0.3) is 0 Å². The molecular weight excluding hydrogens is 268 g/mol. The van der Waals surface area contributed by atoms with Crippen molar-refractivity contribution in [2.24, 2.45) is 10.9 Å². The molecule has 1 aromatic rings. The maximum atomic E-state index is 4.65. The minimum atomic E-state index is 0.735. The molecule has 2 heterocycles. The molecule has 0 bridgehead atoms. The second-order valence-electron chi connectivity index (χ2n) is 5.48. The van der Waals surface area contributed by atoms with Gasteiger partial charge in [-0.15, -0.1) is 0 Å². The third kappa shape index (κ3) is 5.13. The zero-order valence-corrected chi connectivity index (χ0v) is 13.4. The third-order valence-electron chi connectivity index (χ3n) is 3.62. The van der Waals surface area contributed by atoms with Crippen LogP contribution in [-0.2, 0) is 6.54 Å². The first kappa shape index (κ1) is 15.3. The Morgan fingerprint density at radius 1 is 1.50 bits per heavy atom. The number of hydrogen-bond acceptors (Lipinski definition) is 3. The lowest BCUT2D eigenvalue weighted by Crippen LogP contribution is -2.43. The van der Waals surface area contributed by atoms with Gasteiger partial charge in [0.2, 0.25) is 0 Å². The highest BCUT2D eigenvalue weighted by molar-refractivity contribution is 7.07. The summed E-state index contributed by atoms with van der Waals surface area (Å²) in [6.07, 6.45) is 2.63. The molecule has 112 valence electrons. The molecule has 0 aromatic carbocycles. The zero-order chi connectivity index (χ0) is 14.2. The topological polar surface area (TPSA) is 39.7 Å². The summed E-state index contributed by atoms with van der Waals surface area (Å²) < 4.78 is 0. The smallest absolute Gasteiger partial charge is 0.191 e. The van der Waals surface area contributed by atoms with Gasteiger partial charge in [-0.1, -0.05) is 0 Å². The van der Waals surface area contributed by atoms with Crippen LogP contribution in [0.15, 0.2) is 21.8 Å². The van der Waals surface area contributed by atoms with Crippen molar-refractivity contribution >= 4 is 17.3 Å². The Morgan fingerprint density at radius 2 is 2.40 bits per heavy atom. The Labute approximate surface area is 126 Å². The molecule has 4 nitrogen and oxygen atoms in total. The van der Waals surface area contributed by atoms with Crippen molar-refractivity contribution in [3.8, 4) is 0 Å². The van der Waals surface area contributed by atoms with Crippen LogP contribution in [0.5, 0.6) is 0 Å². The lowest BCUT2D eigenvalue weighted by atomic mass is 9.99. The number of nitrogens with one attached hydrogen (secondary N) is 2. The number of likely N-dealkylation sites (tertiary alicyclic amines) is 1. The van der Waals surface area contributed by atoms with E-state index >= 15 is 0 Å². The molecule has 0 aliphatic carbocycles. The summed E-state index contributed by atoms with van der Waals surface area (Å²) in [5.74, 6) is 1.67. The molecule has 0 radical (unpaired) electrons. The number of rotatable bonds is 5. The standard InChI is InChI=1S/C15H26N4S/c1-3-16-15(18-10-14-6-8-20-12-14)17-9-13-5-4-7-19(2)11-13/h6,8,12-13H,3-5,7,9-11H2,1-2H3,(H2,16,17,18). The van der Waals surface area contributed by atoms with Crippen LogP contribution in [-0.4, -0.2) is 44.1 Å². The first-order chi connectivity index (χ1) is 9.78. The molecule has 1 aromatic heterocycles. The average Bonchev–Trinajstić information content (AvgIpc) is 2.95. The number of aliphatic imine (C=N–C) groups is 1. The van der Waals surface area contributed by atoms with E-state index in [4.69, 9.17) is 0 Å². The van der Waals surface area contributed by atoms with Gasteiger partial charge >= 0.3 is 0 Å². The third-order valence-corrected chi connectivity index (χ3v) is 4.36. The van der Waals surface area contributed by atoms with Gasteiger partial charge < -0.3 is 15.5 Å². The Balaban J connectivity index is 1.80. The van der Waals surface area contributed by atoms with Gasteiger partial charge in [-0.05, 0) is 61.7 Å². The summed E-state index contributed by atoms with van der Waals surface area (Å²) in [6.45, 7) is 7.21. The van der Waals surface area contributed by atoms with Crippen LogP contribution >= 0.6 is 11.3 Å². The Kier molecular flexibility index (Phi) is 6.33. The number of thiophene rings is 1. The Morgan fingerprint density at radius 3 is 3.10 bits per heavy atom. The van der Waals surface area contributed by atoms with Crippen molar-refractivity contribution in [3.63, 3.8) is 0 Å². The lowest BCUT2D eigenvalue weighted by Gasteiger charge is -2.30. The van der Waals surface area contributed by atoms with Crippen LogP contribution in [0.2, 0.25) is 0 Å². The molecule has 1 atom stereocenters. The SMILES string of the molecule is CCNC(=NCc1ccsc1)NCC1CCCN(C)C1. The summed E-state index contributed by atoms with van der Waals surface area (Å²) in [4.78, 5) is 7.07. The van der Waals surface area contributed by atoms with E-state index in [0.717, 1.165) is 31.5 Å². The molecular formula is C15H26N4S. The monoisotopic (exact) mass is 294 g/mol. The van der Waals surface area contributed by atoms with Gasteiger partial charge in [0.25, 0.3) is 0 Å². The second-order valence-corrected chi connectivity index (χ2v) is 6.26. The highest BCUT2D eigenvalue weighted by atomic mass is 32.1. The van der Waals surface area contributed by atoms with Gasteiger partial charge in [-0.2, -0.15) is 11.3 Å². The number of piperidine rings is 1. The molecule has 2 rings (SSSR count). The first-order valence-electron chi connectivity index (χ1n) is 7.49. The minimum absolute atomic E-state index is 0.735. The summed E-state index contributed by atoms with van der Waals surface area (Å²) in [5.41, 5.74) is 1.28. The van der Waals surface area contributed by atoms with Crippen LogP contribution < -0.4 is 10.6 Å². The van der Waals surface area contributed by atoms with E-state index in [1.165, 1.54) is 31.5 Å². The van der Waals surface area contributed by atoms with Gasteiger partial charge in [0, 0.05) is 19.6 Å². The number of hydrogen-bond donors (Lipinski definition) is 2. The maximum Gasteiger partial charge on any atom is 0.191 e. The number of guanidine groups is 1. The predicted octanol–water partition coefficient (Wildman–Crippen LogP) is 2.15. The number of nitrogens with zero attached hydrogens (tertiary/aromatic N) is 2. The van der Waals surface area contributed by atoms with Crippen LogP contribution in [0.3, 0.4) is 0 Å². The highest BCUT2D eigenvalue weighted by Gasteiger charge is 2.17. The molecule has 1 unspecified atom stereocenters. The van der Waals surface area contributed by atoms with Crippen molar-refractivity contribution in [2.45, 2.75) is 26.3 Å². The van der Waals surface area contributed by atoms with Gasteiger partial charge in [-0.3, -0.25) is 0 Å². The van der Waals surface area contributed by atoms with E-state index in [-0.39, 0.29) is 0 Å². The summed E-state index contributed by atoms with van der Waals surface area (Å²) in [5, 5.41) is 11.1. The summed E-state index contributed by atoms with van der Waals surface area (Å²) >= 11 is 1.73. The van der Waals surface area contributed by atoms with Crippen molar-refractivity contribution < 1.29 is 0 Å². The van der Waals surface area contributed by atoms with Crippen LogP contribution in [0.1, 0.15) is 25.3 Å². The Bertz CT molecular complexity index is 402. The molecule has 1 fully saturated rings. The van der Waals surface area contributed by atoms with Gasteiger partial charge in [0.1, 0.15) is 0 Å². The zero-order valence-electron chi connectivity index (χ0n) is 12.6. The molecule has 0 spiro atoms. The molecule has 0 saturated carbocycles. The fourth-order valence-corrected chi connectivity index (χ4v) is 3.24. The fraction of sp³-hybridized carbons (Fsp3) is 0.667. The van der Waals surface area contributed by atoms with E-state index in [1.807, 2.05) is 0 Å². The molecule has 1 aliphatic rings. The van der Waals surface area contributed by atoms with E-state index in [9.17, 15) is 0 Å². The van der Waals surface area contributed by atoms with E-state index in [1.54, 1.807) is 11.3 Å². The largest absolute Gasteiger partial charge is 0.357 e. The molecule has 0 amide bonds. The summed E-state index contributed by atoms with van der Waals surface area (Å²) in [7, 11) is 2.21. The Hall–Kier alpha value is -1.07. The van der Waals surface area contributed by atoms with Gasteiger partial charge in [-0.25, -0.2) is 4.99 Å². The molecule has 5 heteroatoms. The molecule has 2 N–H and O–H groups in total. The van der Waals surface area contributed by atoms with Crippen molar-refractivity contribution in [3.05, 3.63) is 22.4 Å². The van der Waals surface area contributed by atoms with E-state index in [2.05, 4.69) is 51.3 Å². The average molecular weight is 294 g/mol. The first-order valence-corrected chi connectivity index (χ1v) is 8.44. The van der Waals surface area contributed by atoms with Crippen LogP contribution in [0, 0.1) is 5.92 Å². The van der Waals surface area contributed by atoms with Gasteiger partial charge in [0.05, 0.1) is 6.54 Å². The fourth-order valence-electron chi connectivity index (χ4n) is 2.58. The summed E-state index contributed by atoms with van der Waals surface area (Å²) in [6, 6.07) is 2.13. The maximum absolute atomic E-state index is 4.65. The predicted molar refractivity (Wildman–Crippen MR) is 87.4 cm³/mol. The molecule has 1 aliphatic heterocycles.